The zero-order valence-electron chi connectivity index (χ0n) is 17.5. The van der Waals surface area contributed by atoms with Crippen LogP contribution in [0.4, 0.5) is 18.9 Å². The summed E-state index contributed by atoms with van der Waals surface area (Å²) in [7, 11) is 0. The fourth-order valence-electron chi connectivity index (χ4n) is 2.33. The third-order valence-corrected chi connectivity index (χ3v) is 5.60. The molecular weight excluding hydrogens is 560 g/mol. The summed E-state index contributed by atoms with van der Waals surface area (Å²) < 4.78 is 46.6. The maximum Gasteiger partial charge on any atom is 0.277 e. The summed E-state index contributed by atoms with van der Waals surface area (Å²) in [6.45, 7) is 1.19. The van der Waals surface area contributed by atoms with Crippen LogP contribution in [0.15, 0.2) is 32.9 Å². The molecule has 1 aliphatic heterocycles. The van der Waals surface area contributed by atoms with Crippen molar-refractivity contribution in [1.82, 2.24) is 10.8 Å². The number of hydrogen-bond donors (Lipinski definition) is 4. The predicted octanol–water partition coefficient (Wildman–Crippen LogP) is 2.39. The Morgan fingerprint density at radius 1 is 1.24 bits per heavy atom. The standard InChI is InChI=1S/C20H22F3IN4O5/c1-2-16(30)25-5-7-32-26-11-12-9-13(20(31)28-33-8-6-29)19(18(23)17(12)22)27-15-3-4-24-10-14(15)21/h3-4,9-11,27,29H,2,5-8H2,1H3,(H,25,30)(H,28,31)/b26-11+. The van der Waals surface area contributed by atoms with E-state index in [9.17, 15) is 22.8 Å². The monoisotopic (exact) mass is 582 g/mol. The van der Waals surface area contributed by atoms with E-state index >= 15 is 0 Å². The van der Waals surface area contributed by atoms with Crippen molar-refractivity contribution in [2.45, 2.75) is 13.3 Å². The van der Waals surface area contributed by atoms with Crippen LogP contribution in [0.3, 0.4) is 0 Å². The van der Waals surface area contributed by atoms with Crippen molar-refractivity contribution in [3.8, 4) is 0 Å². The van der Waals surface area contributed by atoms with Gasteiger partial charge in [-0.2, -0.15) is 0 Å². The minimum atomic E-state index is -1.45. The molecule has 0 bridgehead atoms. The van der Waals surface area contributed by atoms with Gasteiger partial charge in [0, 0.05) is 16.0 Å². The van der Waals surface area contributed by atoms with Gasteiger partial charge in [-0.25, -0.2) is 18.7 Å². The van der Waals surface area contributed by atoms with Gasteiger partial charge in [0.1, 0.15) is 6.61 Å². The second-order valence-corrected chi connectivity index (χ2v) is 8.27. The van der Waals surface area contributed by atoms with Gasteiger partial charge in [0.2, 0.25) is 5.91 Å². The molecule has 13 heteroatoms. The molecule has 9 nitrogen and oxygen atoms in total. The molecule has 180 valence electrons. The largest absolute Gasteiger partial charge is 0.394 e. The summed E-state index contributed by atoms with van der Waals surface area (Å²) in [6.07, 6.45) is 2.54. The summed E-state index contributed by atoms with van der Waals surface area (Å²) in [5, 5.41) is 17.2. The van der Waals surface area contributed by atoms with Crippen LogP contribution in [-0.2, 0) is 14.5 Å². The van der Waals surface area contributed by atoms with E-state index in [1.165, 1.54) is 10.1 Å². The highest BCUT2D eigenvalue weighted by Crippen LogP contribution is 2.29. The van der Waals surface area contributed by atoms with Crippen molar-refractivity contribution >= 4 is 48.5 Å². The van der Waals surface area contributed by atoms with Gasteiger partial charge in [-0.1, -0.05) is 32.8 Å². The Labute approximate surface area is 197 Å². The SMILES string of the molecule is CCC(=O)NCCO/N=C/c1cc(C(=O)NOCCO)c(NC2=C(F)C=IC=C2)c(F)c1F. The van der Waals surface area contributed by atoms with Gasteiger partial charge in [-0.15, -0.1) is 0 Å². The van der Waals surface area contributed by atoms with Crippen molar-refractivity contribution in [1.29, 1.82) is 0 Å². The molecule has 0 saturated carbocycles. The number of benzene rings is 1. The number of aliphatic hydroxyl groups is 1. The van der Waals surface area contributed by atoms with Gasteiger partial charge in [0.15, 0.2) is 17.5 Å². The summed E-state index contributed by atoms with van der Waals surface area (Å²) >= 11 is -0.620. The third-order valence-electron chi connectivity index (χ3n) is 3.92. The number of aliphatic hydroxyl groups excluding tert-OH is 1. The number of hydrogen-bond acceptors (Lipinski definition) is 7. The lowest BCUT2D eigenvalue weighted by Crippen LogP contribution is -2.27. The van der Waals surface area contributed by atoms with Gasteiger partial charge in [-0.05, 0) is 16.2 Å². The lowest BCUT2D eigenvalue weighted by molar-refractivity contribution is -0.121. The molecule has 33 heavy (non-hydrogen) atoms. The average molecular weight is 582 g/mol. The van der Waals surface area contributed by atoms with Crippen molar-refractivity contribution < 1.29 is 37.5 Å². The Hall–Kier alpha value is -2.78. The van der Waals surface area contributed by atoms with Crippen molar-refractivity contribution in [2.24, 2.45) is 5.16 Å². The highest BCUT2D eigenvalue weighted by atomic mass is 127. The average Bonchev–Trinajstić information content (AvgIpc) is 2.81. The summed E-state index contributed by atoms with van der Waals surface area (Å²) in [5.74, 6) is -4.61. The number of nitrogens with zero attached hydrogens (tertiary/aromatic N) is 1. The van der Waals surface area contributed by atoms with Gasteiger partial charge in [0.05, 0.1) is 42.9 Å². The van der Waals surface area contributed by atoms with E-state index in [4.69, 9.17) is 14.8 Å². The summed E-state index contributed by atoms with van der Waals surface area (Å²) in [6, 6.07) is 0.978. The first kappa shape index (κ1) is 26.5. The number of carbonyl (C=O) groups is 2. The van der Waals surface area contributed by atoms with E-state index in [0.29, 0.717) is 6.42 Å². The third kappa shape index (κ3) is 7.94. The molecule has 2 rings (SSSR count). The number of carbonyl (C=O) groups excluding carboxylic acids is 2. The van der Waals surface area contributed by atoms with E-state index < -0.39 is 60.9 Å². The number of halogens is 4. The first-order valence-corrected chi connectivity index (χ1v) is 12.1. The highest BCUT2D eigenvalue weighted by molar-refractivity contribution is 14.2. The summed E-state index contributed by atoms with van der Waals surface area (Å²) in [4.78, 5) is 33.3. The minimum absolute atomic E-state index is 0.0206. The number of rotatable bonds is 12. The predicted molar refractivity (Wildman–Crippen MR) is 125 cm³/mol. The van der Waals surface area contributed by atoms with Crippen LogP contribution in [-0.4, -0.2) is 53.5 Å². The van der Waals surface area contributed by atoms with E-state index in [2.05, 4.69) is 15.8 Å². The number of oxime groups is 1. The lowest BCUT2D eigenvalue weighted by Gasteiger charge is -2.16. The molecule has 0 aliphatic carbocycles. The normalized spacial score (nSPS) is 13.1. The molecule has 2 amide bonds. The van der Waals surface area contributed by atoms with Crippen LogP contribution in [0.25, 0.3) is 0 Å². The number of hydroxylamine groups is 1. The minimum Gasteiger partial charge on any atom is -0.394 e. The fourth-order valence-corrected chi connectivity index (χ4v) is 3.76. The molecular formula is C20H22F3IN4O5. The van der Waals surface area contributed by atoms with Crippen LogP contribution in [0.2, 0.25) is 0 Å². The first-order chi connectivity index (χ1) is 15.9. The Bertz CT molecular complexity index is 998. The van der Waals surface area contributed by atoms with Crippen LogP contribution in [0.5, 0.6) is 0 Å². The van der Waals surface area contributed by atoms with Crippen molar-refractivity contribution in [2.75, 3.05) is 31.7 Å². The van der Waals surface area contributed by atoms with E-state index in [1.54, 1.807) is 11.0 Å². The first-order valence-electron chi connectivity index (χ1n) is 9.64. The molecule has 0 atom stereocenters. The van der Waals surface area contributed by atoms with Crippen molar-refractivity contribution in [3.05, 3.63) is 50.5 Å². The highest BCUT2D eigenvalue weighted by Gasteiger charge is 2.23. The lowest BCUT2D eigenvalue weighted by atomic mass is 10.1. The van der Waals surface area contributed by atoms with Crippen LogP contribution >= 0.6 is 20.7 Å². The van der Waals surface area contributed by atoms with Crippen LogP contribution in [0.1, 0.15) is 29.3 Å². The molecule has 0 saturated heterocycles. The Kier molecular flexibility index (Phi) is 11.0. The van der Waals surface area contributed by atoms with Crippen molar-refractivity contribution in [3.63, 3.8) is 0 Å². The molecule has 0 spiro atoms. The molecule has 0 unspecified atom stereocenters. The fraction of sp³-hybridized carbons (Fsp3) is 0.300. The molecule has 0 fully saturated rings. The zero-order chi connectivity index (χ0) is 24.2. The molecule has 0 aromatic heterocycles. The van der Waals surface area contributed by atoms with Gasteiger partial charge < -0.3 is 20.6 Å². The number of amides is 2. The smallest absolute Gasteiger partial charge is 0.277 e. The van der Waals surface area contributed by atoms with E-state index in [0.717, 1.165) is 12.3 Å². The zero-order valence-corrected chi connectivity index (χ0v) is 19.6. The van der Waals surface area contributed by atoms with E-state index in [1.807, 2.05) is 5.48 Å². The van der Waals surface area contributed by atoms with Crippen LogP contribution in [0, 0.1) is 11.6 Å². The van der Waals surface area contributed by atoms with Crippen LogP contribution < -0.4 is 16.1 Å². The number of anilines is 1. The maximum absolute atomic E-state index is 14.9. The number of nitrogens with one attached hydrogen (secondary N) is 3. The molecule has 0 radical (unpaired) electrons. The molecule has 1 aromatic rings. The second-order valence-electron chi connectivity index (χ2n) is 6.21. The number of allylic oxidation sites excluding steroid dienone is 2. The quantitative estimate of drug-likeness (QED) is 0.130. The topological polar surface area (TPSA) is 121 Å². The molecule has 1 aliphatic rings. The molecule has 1 heterocycles. The van der Waals surface area contributed by atoms with E-state index in [-0.39, 0.29) is 38.0 Å². The summed E-state index contributed by atoms with van der Waals surface area (Å²) in [5.41, 5.74) is 0.416. The second kappa shape index (κ2) is 13.7. The Morgan fingerprint density at radius 3 is 2.73 bits per heavy atom. The molecule has 4 N–H and O–H groups in total. The Balaban J connectivity index is 2.28. The maximum atomic E-state index is 14.9. The molecule has 1 aromatic carbocycles. The van der Waals surface area contributed by atoms with Gasteiger partial charge in [-0.3, -0.25) is 14.4 Å². The Morgan fingerprint density at radius 2 is 2.03 bits per heavy atom. The van der Waals surface area contributed by atoms with Gasteiger partial charge >= 0.3 is 0 Å². The van der Waals surface area contributed by atoms with Gasteiger partial charge in [0.25, 0.3) is 5.91 Å².